The molecule has 5 heteroatoms. The number of alkyl halides is 3. The summed E-state index contributed by atoms with van der Waals surface area (Å²) in [6, 6.07) is 5.32. The molecule has 1 nitrogen and oxygen atoms in total. The SMILES string of the molecule is O=C(Cl)c1ccc(C2(C(F)(F)F)CC2)cc1. The molecule has 16 heavy (non-hydrogen) atoms. The van der Waals surface area contributed by atoms with E-state index in [0.717, 1.165) is 0 Å². The predicted molar refractivity (Wildman–Crippen MR) is 53.6 cm³/mol. The maximum absolute atomic E-state index is 12.7. The third-order valence-corrected chi connectivity index (χ3v) is 3.18. The van der Waals surface area contributed by atoms with E-state index in [1.165, 1.54) is 24.3 Å². The van der Waals surface area contributed by atoms with E-state index in [2.05, 4.69) is 0 Å². The third-order valence-electron chi connectivity index (χ3n) is 2.96. The minimum Gasteiger partial charge on any atom is -0.276 e. The molecule has 1 aromatic rings. The highest BCUT2D eigenvalue weighted by molar-refractivity contribution is 6.67. The zero-order valence-corrected chi connectivity index (χ0v) is 8.90. The van der Waals surface area contributed by atoms with Crippen molar-refractivity contribution in [1.29, 1.82) is 0 Å². The van der Waals surface area contributed by atoms with E-state index in [0.29, 0.717) is 0 Å². The van der Waals surface area contributed by atoms with Crippen molar-refractivity contribution in [2.45, 2.75) is 24.4 Å². The molecule has 0 aliphatic heterocycles. The highest BCUT2D eigenvalue weighted by Crippen LogP contribution is 2.58. The largest absolute Gasteiger partial charge is 0.398 e. The van der Waals surface area contributed by atoms with Gasteiger partial charge in [0.2, 0.25) is 0 Å². The Hall–Kier alpha value is -1.03. The summed E-state index contributed by atoms with van der Waals surface area (Å²) in [4.78, 5) is 10.8. The fraction of sp³-hybridized carbons (Fsp3) is 0.364. The van der Waals surface area contributed by atoms with Gasteiger partial charge in [0.15, 0.2) is 0 Å². The molecular formula is C11H8ClF3O. The Morgan fingerprint density at radius 1 is 1.19 bits per heavy atom. The number of benzene rings is 1. The van der Waals surface area contributed by atoms with Crippen LogP contribution in [0.3, 0.4) is 0 Å². The van der Waals surface area contributed by atoms with Crippen molar-refractivity contribution in [3.63, 3.8) is 0 Å². The van der Waals surface area contributed by atoms with Crippen molar-refractivity contribution in [2.75, 3.05) is 0 Å². The summed E-state index contributed by atoms with van der Waals surface area (Å²) in [5, 5.41) is -0.664. The van der Waals surface area contributed by atoms with Gasteiger partial charge in [0.1, 0.15) is 0 Å². The first-order valence-electron chi connectivity index (χ1n) is 4.74. The van der Waals surface area contributed by atoms with Crippen LogP contribution in [0.5, 0.6) is 0 Å². The number of halogens is 4. The van der Waals surface area contributed by atoms with Crippen LogP contribution in [-0.4, -0.2) is 11.4 Å². The molecule has 0 saturated heterocycles. The Labute approximate surface area is 95.2 Å². The van der Waals surface area contributed by atoms with Crippen LogP contribution in [0.1, 0.15) is 28.8 Å². The van der Waals surface area contributed by atoms with E-state index in [1.807, 2.05) is 0 Å². The van der Waals surface area contributed by atoms with Gasteiger partial charge >= 0.3 is 6.18 Å². The van der Waals surface area contributed by atoms with E-state index in [4.69, 9.17) is 11.6 Å². The standard InChI is InChI=1S/C11H8ClF3O/c12-9(16)7-1-3-8(4-2-7)10(5-6-10)11(13,14)15/h1-4H,5-6H2. The van der Waals surface area contributed by atoms with Crippen LogP contribution >= 0.6 is 11.6 Å². The van der Waals surface area contributed by atoms with E-state index in [-0.39, 0.29) is 24.0 Å². The quantitative estimate of drug-likeness (QED) is 0.730. The number of carbonyl (C=O) groups is 1. The number of hydrogen-bond donors (Lipinski definition) is 0. The summed E-state index contributed by atoms with van der Waals surface area (Å²) in [5.74, 6) is 0. The Bertz CT molecular complexity index is 418. The Morgan fingerprint density at radius 3 is 2.00 bits per heavy atom. The second-order valence-electron chi connectivity index (χ2n) is 3.93. The molecule has 0 atom stereocenters. The summed E-state index contributed by atoms with van der Waals surface area (Å²) < 4.78 is 38.2. The summed E-state index contributed by atoms with van der Waals surface area (Å²) in [7, 11) is 0. The van der Waals surface area contributed by atoms with Crippen molar-refractivity contribution in [3.8, 4) is 0 Å². The molecular weight excluding hydrogens is 241 g/mol. The lowest BCUT2D eigenvalue weighted by Crippen LogP contribution is -2.28. The fourth-order valence-corrected chi connectivity index (χ4v) is 1.91. The van der Waals surface area contributed by atoms with Gasteiger partial charge in [-0.1, -0.05) is 12.1 Å². The third kappa shape index (κ3) is 1.71. The molecule has 0 unspecified atom stereocenters. The van der Waals surface area contributed by atoms with Gasteiger partial charge in [0.05, 0.1) is 5.41 Å². The minimum atomic E-state index is -4.22. The van der Waals surface area contributed by atoms with Gasteiger partial charge < -0.3 is 0 Å². The fourth-order valence-electron chi connectivity index (χ4n) is 1.78. The van der Waals surface area contributed by atoms with Crippen LogP contribution in [0.4, 0.5) is 13.2 Å². The molecule has 2 rings (SSSR count). The van der Waals surface area contributed by atoms with Crippen molar-refractivity contribution in [1.82, 2.24) is 0 Å². The smallest absolute Gasteiger partial charge is 0.276 e. The summed E-state index contributed by atoms with van der Waals surface area (Å²) >= 11 is 5.21. The van der Waals surface area contributed by atoms with E-state index < -0.39 is 16.8 Å². The van der Waals surface area contributed by atoms with Gasteiger partial charge in [0.25, 0.3) is 5.24 Å². The van der Waals surface area contributed by atoms with Crippen molar-refractivity contribution in [2.24, 2.45) is 0 Å². The normalized spacial score (nSPS) is 18.2. The van der Waals surface area contributed by atoms with Gasteiger partial charge in [-0.05, 0) is 42.1 Å². The van der Waals surface area contributed by atoms with Crippen molar-refractivity contribution < 1.29 is 18.0 Å². The molecule has 1 aliphatic carbocycles. The zero-order valence-electron chi connectivity index (χ0n) is 8.14. The molecule has 1 saturated carbocycles. The molecule has 0 radical (unpaired) electrons. The van der Waals surface area contributed by atoms with Crippen molar-refractivity contribution >= 4 is 16.8 Å². The van der Waals surface area contributed by atoms with Gasteiger partial charge in [-0.15, -0.1) is 0 Å². The summed E-state index contributed by atoms with van der Waals surface area (Å²) in [6.07, 6.45) is -3.99. The average Bonchev–Trinajstić information content (AvgIpc) is 2.97. The Balaban J connectivity index is 2.33. The van der Waals surface area contributed by atoms with E-state index >= 15 is 0 Å². The molecule has 0 aromatic heterocycles. The van der Waals surface area contributed by atoms with Crippen LogP contribution in [-0.2, 0) is 5.41 Å². The lowest BCUT2D eigenvalue weighted by Gasteiger charge is -2.19. The van der Waals surface area contributed by atoms with Crippen LogP contribution in [0, 0.1) is 0 Å². The van der Waals surface area contributed by atoms with Crippen LogP contribution in [0.2, 0.25) is 0 Å². The topological polar surface area (TPSA) is 17.1 Å². The second-order valence-corrected chi connectivity index (χ2v) is 4.27. The first-order chi connectivity index (χ1) is 7.37. The van der Waals surface area contributed by atoms with Crippen LogP contribution in [0.25, 0.3) is 0 Å². The monoisotopic (exact) mass is 248 g/mol. The minimum absolute atomic E-state index is 0.116. The maximum Gasteiger partial charge on any atom is 0.398 e. The van der Waals surface area contributed by atoms with Crippen molar-refractivity contribution in [3.05, 3.63) is 35.4 Å². The molecule has 1 fully saturated rings. The molecule has 86 valence electrons. The van der Waals surface area contributed by atoms with E-state index in [9.17, 15) is 18.0 Å². The number of hydrogen-bond acceptors (Lipinski definition) is 1. The maximum atomic E-state index is 12.7. The number of carbonyl (C=O) groups excluding carboxylic acids is 1. The highest BCUT2D eigenvalue weighted by atomic mass is 35.5. The van der Waals surface area contributed by atoms with Crippen LogP contribution in [0.15, 0.2) is 24.3 Å². The molecule has 1 aromatic carbocycles. The molecule has 1 aliphatic rings. The first-order valence-corrected chi connectivity index (χ1v) is 5.12. The molecule has 0 heterocycles. The summed E-state index contributed by atoms with van der Waals surface area (Å²) in [6.45, 7) is 0. The Morgan fingerprint density at radius 2 is 1.69 bits per heavy atom. The lowest BCUT2D eigenvalue weighted by molar-refractivity contribution is -0.160. The van der Waals surface area contributed by atoms with E-state index in [1.54, 1.807) is 0 Å². The predicted octanol–water partition coefficient (Wildman–Crippen LogP) is 3.66. The number of rotatable bonds is 2. The lowest BCUT2D eigenvalue weighted by atomic mass is 9.94. The molecule has 0 N–H and O–H groups in total. The Kier molecular flexibility index (Phi) is 2.49. The van der Waals surface area contributed by atoms with Gasteiger partial charge in [0, 0.05) is 5.56 Å². The molecule has 0 bridgehead atoms. The first kappa shape index (κ1) is 11.5. The molecule has 0 spiro atoms. The zero-order chi connectivity index (χ0) is 12.0. The van der Waals surface area contributed by atoms with Crippen LogP contribution < -0.4 is 0 Å². The summed E-state index contributed by atoms with van der Waals surface area (Å²) in [5.41, 5.74) is -1.27. The highest BCUT2D eigenvalue weighted by Gasteiger charge is 2.64. The van der Waals surface area contributed by atoms with Gasteiger partial charge in [-0.25, -0.2) is 0 Å². The molecule has 0 amide bonds. The average molecular weight is 249 g/mol. The van der Waals surface area contributed by atoms with Gasteiger partial charge in [-0.3, -0.25) is 4.79 Å². The van der Waals surface area contributed by atoms with Gasteiger partial charge in [-0.2, -0.15) is 13.2 Å². The second kappa shape index (κ2) is 3.48.